The van der Waals surface area contributed by atoms with Gasteiger partial charge in [-0.25, -0.2) is 0 Å². The van der Waals surface area contributed by atoms with E-state index < -0.39 is 0 Å². The van der Waals surface area contributed by atoms with Crippen LogP contribution in [0.3, 0.4) is 0 Å². The van der Waals surface area contributed by atoms with E-state index in [-0.39, 0.29) is 24.0 Å². The summed E-state index contributed by atoms with van der Waals surface area (Å²) in [6, 6.07) is 5.51. The van der Waals surface area contributed by atoms with E-state index in [2.05, 4.69) is 21.9 Å². The molecule has 3 nitrogen and oxygen atoms in total. The maximum atomic E-state index is 6.13. The number of unbranched alkanes of at least 4 members (excludes halogenated alkanes) is 1. The van der Waals surface area contributed by atoms with Crippen LogP contribution in [0.5, 0.6) is 0 Å². The first kappa shape index (κ1) is 21.1. The lowest BCUT2D eigenvalue weighted by molar-refractivity contribution is 0.733. The Morgan fingerprint density at radius 1 is 1.24 bits per heavy atom. The van der Waals surface area contributed by atoms with E-state index in [1.54, 1.807) is 13.1 Å². The highest BCUT2D eigenvalue weighted by molar-refractivity contribution is 14.0. The molecule has 0 saturated heterocycles. The first-order chi connectivity index (χ1) is 9.67. The number of hydrogen-bond donors (Lipinski definition) is 2. The third kappa shape index (κ3) is 9.01. The van der Waals surface area contributed by atoms with Crippen LogP contribution in [0.2, 0.25) is 10.0 Å². The molecule has 7 heteroatoms. The third-order valence-corrected chi connectivity index (χ3v) is 4.04. The van der Waals surface area contributed by atoms with Gasteiger partial charge in [0.2, 0.25) is 0 Å². The zero-order chi connectivity index (χ0) is 14.8. The van der Waals surface area contributed by atoms with Crippen molar-refractivity contribution in [2.75, 3.05) is 25.6 Å². The van der Waals surface area contributed by atoms with E-state index in [4.69, 9.17) is 23.2 Å². The summed E-state index contributed by atoms with van der Waals surface area (Å²) in [4.78, 5) is 4.19. The first-order valence-corrected chi connectivity index (χ1v) is 8.69. The Balaban J connectivity index is 0.00000400. The second-order valence-electron chi connectivity index (χ2n) is 4.29. The number of rotatable bonds is 7. The van der Waals surface area contributed by atoms with Crippen LogP contribution in [0.15, 0.2) is 23.2 Å². The number of benzene rings is 1. The number of hydrogen-bond acceptors (Lipinski definition) is 2. The minimum Gasteiger partial charge on any atom is -0.356 e. The van der Waals surface area contributed by atoms with Gasteiger partial charge >= 0.3 is 0 Å². The lowest BCUT2D eigenvalue weighted by Gasteiger charge is -2.12. The number of aliphatic imine (C=N–C) groups is 1. The van der Waals surface area contributed by atoms with Crippen molar-refractivity contribution in [2.45, 2.75) is 19.4 Å². The van der Waals surface area contributed by atoms with Crippen molar-refractivity contribution in [2.24, 2.45) is 4.99 Å². The van der Waals surface area contributed by atoms with Gasteiger partial charge < -0.3 is 10.6 Å². The molecule has 1 aromatic rings. The average Bonchev–Trinajstić information content (AvgIpc) is 2.43. The van der Waals surface area contributed by atoms with Crippen LogP contribution >= 0.6 is 58.9 Å². The number of nitrogens with zero attached hydrogens (tertiary/aromatic N) is 1. The van der Waals surface area contributed by atoms with E-state index >= 15 is 0 Å². The minimum atomic E-state index is 0. The summed E-state index contributed by atoms with van der Waals surface area (Å²) in [6.45, 7) is 1.55. The zero-order valence-electron chi connectivity index (χ0n) is 12.3. The number of thioether (sulfide) groups is 1. The molecule has 0 fully saturated rings. The zero-order valence-corrected chi connectivity index (χ0v) is 16.9. The van der Waals surface area contributed by atoms with Gasteiger partial charge in [0.15, 0.2) is 5.96 Å². The maximum Gasteiger partial charge on any atom is 0.191 e. The Hall–Kier alpha value is 0.150. The predicted molar refractivity (Wildman–Crippen MR) is 108 cm³/mol. The molecule has 0 bridgehead atoms. The van der Waals surface area contributed by atoms with Gasteiger partial charge in [0.25, 0.3) is 0 Å². The molecule has 0 heterocycles. The molecule has 0 aromatic heterocycles. The average molecular weight is 462 g/mol. The molecule has 0 spiro atoms. The summed E-state index contributed by atoms with van der Waals surface area (Å²) < 4.78 is 0. The Labute approximate surface area is 158 Å². The lowest BCUT2D eigenvalue weighted by Crippen LogP contribution is -2.37. The topological polar surface area (TPSA) is 36.4 Å². The van der Waals surface area contributed by atoms with Gasteiger partial charge in [-0.2, -0.15) is 11.8 Å². The van der Waals surface area contributed by atoms with Crippen molar-refractivity contribution in [3.05, 3.63) is 33.8 Å². The Kier molecular flexibility index (Phi) is 12.8. The fourth-order valence-corrected chi connectivity index (χ4v) is 2.61. The Morgan fingerprint density at radius 2 is 2.00 bits per heavy atom. The van der Waals surface area contributed by atoms with Gasteiger partial charge in [-0.1, -0.05) is 29.3 Å². The molecule has 0 saturated carbocycles. The second-order valence-corrected chi connectivity index (χ2v) is 6.12. The van der Waals surface area contributed by atoms with E-state index in [1.807, 2.05) is 23.9 Å². The molecular formula is C14H22Cl2IN3S. The molecule has 0 aliphatic rings. The van der Waals surface area contributed by atoms with Crippen LogP contribution < -0.4 is 10.6 Å². The number of halogens is 3. The van der Waals surface area contributed by atoms with E-state index in [0.29, 0.717) is 16.6 Å². The number of nitrogens with one attached hydrogen (secondary N) is 2. The molecule has 1 rings (SSSR count). The van der Waals surface area contributed by atoms with E-state index in [9.17, 15) is 0 Å². The fourth-order valence-electron chi connectivity index (χ4n) is 1.64. The molecule has 0 atom stereocenters. The highest BCUT2D eigenvalue weighted by atomic mass is 127. The van der Waals surface area contributed by atoms with Gasteiger partial charge in [-0.15, -0.1) is 24.0 Å². The molecule has 21 heavy (non-hydrogen) atoms. The SMILES string of the molecule is CN=C(NCCCCSC)NCc1ccc(Cl)cc1Cl.I. The molecule has 0 amide bonds. The summed E-state index contributed by atoms with van der Waals surface area (Å²) in [7, 11) is 1.76. The molecule has 0 radical (unpaired) electrons. The summed E-state index contributed by atoms with van der Waals surface area (Å²) in [6.07, 6.45) is 4.49. The molecule has 120 valence electrons. The minimum absolute atomic E-state index is 0. The highest BCUT2D eigenvalue weighted by Gasteiger charge is 2.02. The monoisotopic (exact) mass is 461 g/mol. The van der Waals surface area contributed by atoms with Crippen LogP contribution in [0, 0.1) is 0 Å². The van der Waals surface area contributed by atoms with Crippen molar-refractivity contribution in [1.82, 2.24) is 10.6 Å². The largest absolute Gasteiger partial charge is 0.356 e. The molecular weight excluding hydrogens is 440 g/mol. The van der Waals surface area contributed by atoms with Crippen molar-refractivity contribution < 1.29 is 0 Å². The van der Waals surface area contributed by atoms with Gasteiger partial charge in [0.1, 0.15) is 0 Å². The summed E-state index contributed by atoms with van der Waals surface area (Å²) >= 11 is 13.9. The van der Waals surface area contributed by atoms with Crippen molar-refractivity contribution in [3.8, 4) is 0 Å². The fraction of sp³-hybridized carbons (Fsp3) is 0.500. The second kappa shape index (κ2) is 12.7. The first-order valence-electron chi connectivity index (χ1n) is 6.54. The van der Waals surface area contributed by atoms with Gasteiger partial charge in [0.05, 0.1) is 0 Å². The molecule has 0 unspecified atom stereocenters. The predicted octanol–water partition coefficient (Wildman–Crippen LogP) is 4.42. The third-order valence-electron chi connectivity index (χ3n) is 2.75. The Morgan fingerprint density at radius 3 is 2.62 bits per heavy atom. The normalized spacial score (nSPS) is 11.0. The summed E-state index contributed by atoms with van der Waals surface area (Å²) in [5.74, 6) is 1.99. The van der Waals surface area contributed by atoms with Crippen molar-refractivity contribution >= 4 is 64.9 Å². The molecule has 0 aliphatic carbocycles. The lowest BCUT2D eigenvalue weighted by atomic mass is 10.2. The maximum absolute atomic E-state index is 6.13. The molecule has 1 aromatic carbocycles. The van der Waals surface area contributed by atoms with Crippen molar-refractivity contribution in [1.29, 1.82) is 0 Å². The van der Waals surface area contributed by atoms with Crippen molar-refractivity contribution in [3.63, 3.8) is 0 Å². The highest BCUT2D eigenvalue weighted by Crippen LogP contribution is 2.20. The number of guanidine groups is 1. The van der Waals surface area contributed by atoms with Crippen LogP contribution in [-0.4, -0.2) is 31.6 Å². The van der Waals surface area contributed by atoms with Gasteiger partial charge in [-0.05, 0) is 42.5 Å². The Bertz CT molecular complexity index is 444. The van der Waals surface area contributed by atoms with E-state index in [0.717, 1.165) is 24.5 Å². The standard InChI is InChI=1S/C14H21Cl2N3S.HI/c1-17-14(18-7-3-4-8-20-2)19-10-11-5-6-12(15)9-13(11)16;/h5-6,9H,3-4,7-8,10H2,1-2H3,(H2,17,18,19);1H. The molecule has 2 N–H and O–H groups in total. The molecule has 0 aliphatic heterocycles. The van der Waals surface area contributed by atoms with Crippen LogP contribution in [0.4, 0.5) is 0 Å². The van der Waals surface area contributed by atoms with Crippen LogP contribution in [0.25, 0.3) is 0 Å². The summed E-state index contributed by atoms with van der Waals surface area (Å²) in [5.41, 5.74) is 1.00. The quantitative estimate of drug-likeness (QED) is 0.273. The van der Waals surface area contributed by atoms with Gasteiger partial charge in [0, 0.05) is 30.2 Å². The van der Waals surface area contributed by atoms with E-state index in [1.165, 1.54) is 12.2 Å². The smallest absolute Gasteiger partial charge is 0.191 e. The summed E-state index contributed by atoms with van der Waals surface area (Å²) in [5, 5.41) is 7.85. The van der Waals surface area contributed by atoms with Crippen LogP contribution in [0.1, 0.15) is 18.4 Å². The van der Waals surface area contributed by atoms with Gasteiger partial charge in [-0.3, -0.25) is 4.99 Å². The van der Waals surface area contributed by atoms with Crippen LogP contribution in [-0.2, 0) is 6.54 Å².